The number of nitrogens with zero attached hydrogens (tertiary/aromatic N) is 2. The molecule has 2 aromatic heterocycles. The van der Waals surface area contributed by atoms with Gasteiger partial charge in [0.25, 0.3) is 0 Å². The molecule has 1 N–H and O–H groups in total. The Bertz CT molecular complexity index is 753. The van der Waals surface area contributed by atoms with Gasteiger partial charge in [0.05, 0.1) is 11.4 Å². The van der Waals surface area contributed by atoms with E-state index in [1.165, 1.54) is 4.90 Å². The summed E-state index contributed by atoms with van der Waals surface area (Å²) in [5.41, 5.74) is 0. The number of rotatable bonds is 4. The Kier molecular flexibility index (Phi) is 4.66. The Morgan fingerprint density at radius 1 is 1.25 bits per heavy atom. The van der Waals surface area contributed by atoms with Crippen molar-refractivity contribution in [3.05, 3.63) is 35.4 Å². The molecule has 1 aliphatic heterocycles. The highest BCUT2D eigenvalue weighted by Gasteiger charge is 2.35. The third-order valence-corrected chi connectivity index (χ3v) is 4.66. The molecule has 3 rings (SSSR count). The van der Waals surface area contributed by atoms with Crippen molar-refractivity contribution >= 4 is 29.2 Å². The first kappa shape index (κ1) is 16.3. The van der Waals surface area contributed by atoms with Crippen molar-refractivity contribution in [2.24, 2.45) is 0 Å². The number of urea groups is 1. The molecule has 0 radical (unpaired) electrons. The van der Waals surface area contributed by atoms with Gasteiger partial charge in [-0.15, -0.1) is 11.3 Å². The van der Waals surface area contributed by atoms with E-state index in [4.69, 9.17) is 4.42 Å². The Labute approximate surface area is 142 Å². The topological polar surface area (TPSA) is 82.9 Å². The zero-order valence-electron chi connectivity index (χ0n) is 13.2. The molecule has 8 heteroatoms. The van der Waals surface area contributed by atoms with Crippen LogP contribution in [0.2, 0.25) is 0 Å². The first-order valence-electron chi connectivity index (χ1n) is 7.61. The number of hydrogen-bond acceptors (Lipinski definition) is 5. The SMILES string of the molecule is CCN1CCN(C(=O)NCc2ccc(-c3cccs3)o2)C(=O)C1=O. The zero-order chi connectivity index (χ0) is 17.1. The highest BCUT2D eigenvalue weighted by molar-refractivity contribution is 7.13. The van der Waals surface area contributed by atoms with E-state index in [0.29, 0.717) is 18.8 Å². The minimum Gasteiger partial charge on any atom is -0.458 e. The molecule has 1 aliphatic rings. The maximum atomic E-state index is 12.1. The van der Waals surface area contributed by atoms with E-state index in [2.05, 4.69) is 5.32 Å². The van der Waals surface area contributed by atoms with Crippen LogP contribution in [0, 0.1) is 0 Å². The van der Waals surface area contributed by atoms with Crippen LogP contribution >= 0.6 is 11.3 Å². The highest BCUT2D eigenvalue weighted by Crippen LogP contribution is 2.26. The Balaban J connectivity index is 1.58. The monoisotopic (exact) mass is 347 g/mol. The minimum atomic E-state index is -0.792. The molecule has 2 aromatic rings. The third kappa shape index (κ3) is 3.18. The Morgan fingerprint density at radius 3 is 2.79 bits per heavy atom. The summed E-state index contributed by atoms with van der Waals surface area (Å²) in [5.74, 6) is -0.119. The lowest BCUT2D eigenvalue weighted by Crippen LogP contribution is -2.58. The second-order valence-corrected chi connectivity index (χ2v) is 6.19. The number of hydrogen-bond donors (Lipinski definition) is 1. The van der Waals surface area contributed by atoms with Crippen LogP contribution in [0.15, 0.2) is 34.1 Å². The summed E-state index contributed by atoms with van der Waals surface area (Å²) in [7, 11) is 0. The molecule has 7 nitrogen and oxygen atoms in total. The molecule has 0 aliphatic carbocycles. The number of imide groups is 1. The van der Waals surface area contributed by atoms with Gasteiger partial charge in [-0.2, -0.15) is 0 Å². The van der Waals surface area contributed by atoms with E-state index in [0.717, 1.165) is 15.5 Å². The van der Waals surface area contributed by atoms with Gasteiger partial charge in [-0.1, -0.05) is 6.07 Å². The van der Waals surface area contributed by atoms with Gasteiger partial charge in [0.1, 0.15) is 11.5 Å². The first-order chi connectivity index (χ1) is 11.6. The van der Waals surface area contributed by atoms with Crippen LogP contribution < -0.4 is 5.32 Å². The minimum absolute atomic E-state index is 0.152. The van der Waals surface area contributed by atoms with Crippen LogP contribution in [0.3, 0.4) is 0 Å². The number of likely N-dealkylation sites (N-methyl/N-ethyl adjacent to an activating group) is 1. The fourth-order valence-electron chi connectivity index (χ4n) is 2.45. The van der Waals surface area contributed by atoms with Gasteiger partial charge >= 0.3 is 17.8 Å². The maximum absolute atomic E-state index is 12.1. The molecular formula is C16H17N3O4S. The third-order valence-electron chi connectivity index (χ3n) is 3.78. The number of nitrogens with one attached hydrogen (secondary N) is 1. The fourth-order valence-corrected chi connectivity index (χ4v) is 3.14. The van der Waals surface area contributed by atoms with Crippen LogP contribution in [0.5, 0.6) is 0 Å². The van der Waals surface area contributed by atoms with Gasteiger partial charge in [0.15, 0.2) is 0 Å². The average molecular weight is 347 g/mol. The van der Waals surface area contributed by atoms with Crippen LogP contribution in [0.25, 0.3) is 10.6 Å². The second kappa shape index (κ2) is 6.88. The zero-order valence-corrected chi connectivity index (χ0v) is 14.0. The lowest BCUT2D eigenvalue weighted by atomic mass is 10.3. The van der Waals surface area contributed by atoms with Crippen molar-refractivity contribution < 1.29 is 18.8 Å². The lowest BCUT2D eigenvalue weighted by molar-refractivity contribution is -0.153. The van der Waals surface area contributed by atoms with E-state index in [-0.39, 0.29) is 13.1 Å². The lowest BCUT2D eigenvalue weighted by Gasteiger charge is -2.31. The molecule has 0 atom stereocenters. The van der Waals surface area contributed by atoms with Crippen LogP contribution in [0.4, 0.5) is 4.79 Å². The molecule has 0 saturated carbocycles. The summed E-state index contributed by atoms with van der Waals surface area (Å²) >= 11 is 1.56. The number of carbonyl (C=O) groups is 3. The van der Waals surface area contributed by atoms with Gasteiger partial charge in [0, 0.05) is 19.6 Å². The largest absolute Gasteiger partial charge is 0.458 e. The number of thiophene rings is 1. The molecule has 1 fully saturated rings. The summed E-state index contributed by atoms with van der Waals surface area (Å²) in [4.78, 5) is 39.3. The molecule has 4 amide bonds. The van der Waals surface area contributed by atoms with Crippen LogP contribution in [-0.4, -0.2) is 47.3 Å². The molecule has 126 valence electrons. The maximum Gasteiger partial charge on any atom is 0.324 e. The molecule has 24 heavy (non-hydrogen) atoms. The normalized spacial score (nSPS) is 15.0. The van der Waals surface area contributed by atoms with Gasteiger partial charge in [-0.3, -0.25) is 14.5 Å². The van der Waals surface area contributed by atoms with E-state index in [1.54, 1.807) is 24.3 Å². The van der Waals surface area contributed by atoms with Crippen molar-refractivity contribution in [3.8, 4) is 10.6 Å². The Morgan fingerprint density at radius 2 is 2.08 bits per heavy atom. The van der Waals surface area contributed by atoms with Crippen molar-refractivity contribution in [3.63, 3.8) is 0 Å². The predicted molar refractivity (Wildman–Crippen MR) is 88.2 cm³/mol. The first-order valence-corrected chi connectivity index (χ1v) is 8.49. The van der Waals surface area contributed by atoms with E-state index < -0.39 is 17.8 Å². The summed E-state index contributed by atoms with van der Waals surface area (Å²) in [5, 5.41) is 4.57. The van der Waals surface area contributed by atoms with Crippen molar-refractivity contribution in [2.45, 2.75) is 13.5 Å². The van der Waals surface area contributed by atoms with Crippen LogP contribution in [0.1, 0.15) is 12.7 Å². The molecule has 0 unspecified atom stereocenters. The fraction of sp³-hybridized carbons (Fsp3) is 0.312. The quantitative estimate of drug-likeness (QED) is 0.857. The number of piperazine rings is 1. The molecule has 0 aromatic carbocycles. The van der Waals surface area contributed by atoms with Crippen LogP contribution in [-0.2, 0) is 16.1 Å². The van der Waals surface area contributed by atoms with Gasteiger partial charge < -0.3 is 14.6 Å². The average Bonchev–Trinajstić information content (AvgIpc) is 3.26. The standard InChI is InChI=1S/C16H17N3O4S/c1-2-18-7-8-19(15(21)14(18)20)16(22)17-10-11-5-6-12(23-11)13-4-3-9-24-13/h3-6,9H,2,7-8,10H2,1H3,(H,17,22). The summed E-state index contributed by atoms with van der Waals surface area (Å²) < 4.78 is 5.67. The van der Waals surface area contributed by atoms with E-state index in [1.807, 2.05) is 23.6 Å². The van der Waals surface area contributed by atoms with E-state index in [9.17, 15) is 14.4 Å². The summed E-state index contributed by atoms with van der Waals surface area (Å²) in [6.07, 6.45) is 0. The van der Waals surface area contributed by atoms with Crippen molar-refractivity contribution in [1.82, 2.24) is 15.1 Å². The van der Waals surface area contributed by atoms with Gasteiger partial charge in [0.2, 0.25) is 0 Å². The van der Waals surface area contributed by atoms with Gasteiger partial charge in [-0.05, 0) is 30.5 Å². The molecule has 1 saturated heterocycles. The molecule has 0 bridgehead atoms. The second-order valence-electron chi connectivity index (χ2n) is 5.24. The number of furan rings is 1. The highest BCUT2D eigenvalue weighted by atomic mass is 32.1. The van der Waals surface area contributed by atoms with Crippen molar-refractivity contribution in [1.29, 1.82) is 0 Å². The molecule has 0 spiro atoms. The summed E-state index contributed by atoms with van der Waals surface area (Å²) in [6.45, 7) is 2.96. The van der Waals surface area contributed by atoms with Crippen molar-refractivity contribution in [2.75, 3.05) is 19.6 Å². The Hall–Kier alpha value is -2.61. The summed E-state index contributed by atoms with van der Waals surface area (Å²) in [6, 6.07) is 6.91. The molecular weight excluding hydrogens is 330 g/mol. The number of amides is 4. The molecule has 3 heterocycles. The van der Waals surface area contributed by atoms with Gasteiger partial charge in [-0.25, -0.2) is 4.79 Å². The van der Waals surface area contributed by atoms with E-state index >= 15 is 0 Å². The number of carbonyl (C=O) groups excluding carboxylic acids is 3. The predicted octanol–water partition coefficient (Wildman–Crippen LogP) is 1.91. The smallest absolute Gasteiger partial charge is 0.324 e.